The van der Waals surface area contributed by atoms with Crippen LogP contribution in [-0.2, 0) is 6.61 Å². The number of aromatic amines is 1. The first-order chi connectivity index (χ1) is 19.9. The van der Waals surface area contributed by atoms with E-state index >= 15 is 0 Å². The maximum Gasteiger partial charge on any atom is 0.327 e. The largest absolute Gasteiger partial charge is 0.488 e. The van der Waals surface area contributed by atoms with Gasteiger partial charge in [-0.05, 0) is 80.6 Å². The van der Waals surface area contributed by atoms with E-state index in [1.165, 1.54) is 6.20 Å². The van der Waals surface area contributed by atoms with E-state index in [1.807, 2.05) is 86.0 Å². The van der Waals surface area contributed by atoms with Crippen molar-refractivity contribution in [3.8, 4) is 5.75 Å². The van der Waals surface area contributed by atoms with Crippen LogP contribution < -0.4 is 10.4 Å². The van der Waals surface area contributed by atoms with Crippen molar-refractivity contribution in [2.45, 2.75) is 46.3 Å². The third-order valence-electron chi connectivity index (χ3n) is 7.58. The number of fused-ring (bicyclic) bond motifs is 1. The number of rotatable bonds is 9. The predicted octanol–water partition coefficient (Wildman–Crippen LogP) is 5.93. The van der Waals surface area contributed by atoms with Crippen molar-refractivity contribution in [3.63, 3.8) is 0 Å². The standard InChI is InChI=1S/C33H35N5O3/c1-5-34-28(30(39)26-18-22(2)31(23(3)19-26)41-21-25-10-7-6-8-11-25)20-24(4)37-16-13-27(14-17-37)38-29-12-9-15-35-32(29)36-33(38)40/h5-12,15,18-20,27H,1,13-14,16-17,21H2,2-4H3,(H,35,36,40)/b24-20+,34-28?. The van der Waals surface area contributed by atoms with E-state index in [9.17, 15) is 9.59 Å². The summed E-state index contributed by atoms with van der Waals surface area (Å²) in [6.45, 7) is 11.6. The number of hydrogen-bond donors (Lipinski definition) is 1. The van der Waals surface area contributed by atoms with Crippen molar-refractivity contribution in [2.75, 3.05) is 13.1 Å². The molecule has 8 nitrogen and oxygen atoms in total. The zero-order valence-electron chi connectivity index (χ0n) is 23.8. The minimum absolute atomic E-state index is 0.0843. The Morgan fingerprint density at radius 2 is 1.83 bits per heavy atom. The quantitative estimate of drug-likeness (QED) is 0.206. The van der Waals surface area contributed by atoms with Gasteiger partial charge in [-0.25, -0.2) is 9.78 Å². The number of benzene rings is 2. The molecule has 8 heteroatoms. The number of pyridine rings is 1. The minimum Gasteiger partial charge on any atom is -0.488 e. The molecule has 0 spiro atoms. The third-order valence-corrected chi connectivity index (χ3v) is 7.58. The van der Waals surface area contributed by atoms with Crippen LogP contribution in [0.2, 0.25) is 0 Å². The lowest BCUT2D eigenvalue weighted by atomic mass is 9.99. The van der Waals surface area contributed by atoms with Gasteiger partial charge in [-0.15, -0.1) is 0 Å². The molecule has 1 saturated heterocycles. The van der Waals surface area contributed by atoms with Crippen LogP contribution in [-0.4, -0.2) is 44.0 Å². The van der Waals surface area contributed by atoms with Gasteiger partial charge in [0.2, 0.25) is 5.78 Å². The van der Waals surface area contributed by atoms with E-state index in [2.05, 4.69) is 26.4 Å². The normalized spacial score (nSPS) is 14.9. The summed E-state index contributed by atoms with van der Waals surface area (Å²) < 4.78 is 7.93. The Balaban J connectivity index is 1.29. The summed E-state index contributed by atoms with van der Waals surface area (Å²) >= 11 is 0. The van der Waals surface area contributed by atoms with Crippen LogP contribution in [0.4, 0.5) is 0 Å². The molecule has 2 aromatic carbocycles. The lowest BCUT2D eigenvalue weighted by molar-refractivity contribution is 0.106. The van der Waals surface area contributed by atoms with Crippen LogP contribution >= 0.6 is 0 Å². The first kappa shape index (κ1) is 27.8. The van der Waals surface area contributed by atoms with E-state index < -0.39 is 0 Å². The number of allylic oxidation sites excluding steroid dienone is 2. The molecule has 2 aromatic heterocycles. The predicted molar refractivity (Wildman–Crippen MR) is 163 cm³/mol. The fourth-order valence-corrected chi connectivity index (χ4v) is 5.53. The first-order valence-corrected chi connectivity index (χ1v) is 13.9. The summed E-state index contributed by atoms with van der Waals surface area (Å²) in [6, 6.07) is 17.6. The highest BCUT2D eigenvalue weighted by Gasteiger charge is 2.25. The molecule has 0 aliphatic carbocycles. The molecule has 0 bridgehead atoms. The van der Waals surface area contributed by atoms with Gasteiger partial charge in [0, 0.05) is 42.8 Å². The first-order valence-electron chi connectivity index (χ1n) is 13.9. The molecule has 1 fully saturated rings. The van der Waals surface area contributed by atoms with Gasteiger partial charge in [0.05, 0.1) is 5.52 Å². The average Bonchev–Trinajstić information content (AvgIpc) is 3.32. The number of carbonyl (C=O) groups is 1. The van der Waals surface area contributed by atoms with E-state index in [1.54, 1.807) is 6.20 Å². The monoisotopic (exact) mass is 549 g/mol. The molecule has 0 amide bonds. The minimum atomic E-state index is -0.169. The molecular formula is C33H35N5O3. The lowest BCUT2D eigenvalue weighted by Crippen LogP contribution is -2.36. The highest BCUT2D eigenvalue weighted by Crippen LogP contribution is 2.28. The highest BCUT2D eigenvalue weighted by molar-refractivity contribution is 6.50. The van der Waals surface area contributed by atoms with Gasteiger partial charge in [-0.1, -0.05) is 36.9 Å². The number of carbonyl (C=O) groups excluding carboxylic acids is 1. The molecule has 41 heavy (non-hydrogen) atoms. The van der Waals surface area contributed by atoms with Gasteiger partial charge in [0.15, 0.2) is 5.65 Å². The Bertz CT molecular complexity index is 1670. The summed E-state index contributed by atoms with van der Waals surface area (Å²) in [6.07, 6.45) is 6.52. The number of aromatic nitrogens is 3. The van der Waals surface area contributed by atoms with Crippen LogP contribution in [0.1, 0.15) is 52.9 Å². The number of ether oxygens (including phenoxy) is 1. The summed E-state index contributed by atoms with van der Waals surface area (Å²) in [5.74, 6) is 0.616. The molecule has 1 N–H and O–H groups in total. The van der Waals surface area contributed by atoms with Gasteiger partial charge in [-0.3, -0.25) is 19.3 Å². The zero-order chi connectivity index (χ0) is 28.9. The average molecular weight is 550 g/mol. The van der Waals surface area contributed by atoms with Crippen molar-refractivity contribution in [1.29, 1.82) is 0 Å². The van der Waals surface area contributed by atoms with Crippen LogP contribution in [0.25, 0.3) is 11.2 Å². The molecule has 210 valence electrons. The molecule has 0 saturated carbocycles. The van der Waals surface area contributed by atoms with Crippen molar-refractivity contribution in [3.05, 3.63) is 118 Å². The summed E-state index contributed by atoms with van der Waals surface area (Å²) in [5, 5.41) is 0. The molecule has 0 unspecified atom stereocenters. The van der Waals surface area contributed by atoms with Gasteiger partial charge >= 0.3 is 5.69 Å². The van der Waals surface area contributed by atoms with Gasteiger partial charge < -0.3 is 9.64 Å². The molecule has 1 aliphatic heterocycles. The third kappa shape index (κ3) is 6.06. The second-order valence-corrected chi connectivity index (χ2v) is 10.4. The van der Waals surface area contributed by atoms with Crippen LogP contribution in [0.3, 0.4) is 0 Å². The van der Waals surface area contributed by atoms with E-state index in [4.69, 9.17) is 4.74 Å². The second-order valence-electron chi connectivity index (χ2n) is 10.4. The van der Waals surface area contributed by atoms with Crippen LogP contribution in [0.15, 0.2) is 95.1 Å². The van der Waals surface area contributed by atoms with Gasteiger partial charge in [0.25, 0.3) is 0 Å². The van der Waals surface area contributed by atoms with E-state index in [0.29, 0.717) is 23.5 Å². The molecule has 1 aliphatic rings. The Hall–Kier alpha value is -4.72. The number of imidazole rings is 1. The lowest BCUT2D eigenvalue weighted by Gasteiger charge is -2.34. The number of piperidine rings is 1. The smallest absolute Gasteiger partial charge is 0.327 e. The summed E-state index contributed by atoms with van der Waals surface area (Å²) in [7, 11) is 0. The number of Topliss-reactive ketones (excluding diaryl/α,β-unsaturated/α-hetero) is 1. The Labute approximate surface area is 239 Å². The molecular weight excluding hydrogens is 514 g/mol. The molecule has 0 radical (unpaired) electrons. The van der Waals surface area contributed by atoms with E-state index in [0.717, 1.165) is 59.6 Å². The number of aliphatic imine (C=N–C) groups is 1. The summed E-state index contributed by atoms with van der Waals surface area (Å²) in [4.78, 5) is 39.9. The molecule has 5 rings (SSSR count). The Kier molecular flexibility index (Phi) is 8.29. The number of H-pyrrole nitrogens is 1. The zero-order valence-corrected chi connectivity index (χ0v) is 23.8. The number of nitrogens with one attached hydrogen (secondary N) is 1. The molecule has 0 atom stereocenters. The van der Waals surface area contributed by atoms with Crippen molar-refractivity contribution >= 4 is 22.7 Å². The maximum absolute atomic E-state index is 13.6. The second kappa shape index (κ2) is 12.2. The Morgan fingerprint density at radius 3 is 2.51 bits per heavy atom. The molecule has 4 aromatic rings. The Morgan fingerprint density at radius 1 is 1.12 bits per heavy atom. The van der Waals surface area contributed by atoms with Crippen molar-refractivity contribution < 1.29 is 9.53 Å². The molecule has 3 heterocycles. The highest BCUT2D eigenvalue weighted by atomic mass is 16.5. The number of ketones is 1. The number of hydrogen-bond acceptors (Lipinski definition) is 6. The van der Waals surface area contributed by atoms with Gasteiger partial charge in [0.1, 0.15) is 18.1 Å². The maximum atomic E-state index is 13.6. The fourth-order valence-electron chi connectivity index (χ4n) is 5.53. The number of aryl methyl sites for hydroxylation is 2. The van der Waals surface area contributed by atoms with Crippen molar-refractivity contribution in [2.24, 2.45) is 4.99 Å². The topological polar surface area (TPSA) is 92.6 Å². The SMILES string of the molecule is C=CN=C(/C=C(\C)N1CCC(n2c(=O)[nH]c3ncccc32)CC1)C(=O)c1cc(C)c(OCc2ccccc2)c(C)c1. The summed E-state index contributed by atoms with van der Waals surface area (Å²) in [5.41, 5.74) is 6.02. The number of nitrogens with zero attached hydrogens (tertiary/aromatic N) is 4. The number of likely N-dealkylation sites (tertiary alicyclic amines) is 1. The van der Waals surface area contributed by atoms with Crippen molar-refractivity contribution in [1.82, 2.24) is 19.4 Å². The van der Waals surface area contributed by atoms with Crippen LogP contribution in [0, 0.1) is 13.8 Å². The van der Waals surface area contributed by atoms with E-state index in [-0.39, 0.29) is 17.5 Å². The van der Waals surface area contributed by atoms with Gasteiger partial charge in [-0.2, -0.15) is 0 Å². The fraction of sp³-hybridized carbons (Fsp3) is 0.273. The van der Waals surface area contributed by atoms with Crippen LogP contribution in [0.5, 0.6) is 5.75 Å².